The van der Waals surface area contributed by atoms with Crippen LogP contribution in [0.5, 0.6) is 0 Å². The van der Waals surface area contributed by atoms with Gasteiger partial charge in [0.15, 0.2) is 0 Å². The van der Waals surface area contributed by atoms with Crippen LogP contribution in [0.1, 0.15) is 44.2 Å². The zero-order valence-corrected chi connectivity index (χ0v) is 15.4. The summed E-state index contributed by atoms with van der Waals surface area (Å²) < 4.78 is 0. The summed E-state index contributed by atoms with van der Waals surface area (Å²) >= 11 is 0. The number of rotatable bonds is 4. The molecule has 7 nitrogen and oxygen atoms in total. The average molecular weight is 359 g/mol. The topological polar surface area (TPSA) is 86.4 Å². The molecule has 0 spiro atoms. The largest absolute Gasteiger partial charge is 0.335 e. The van der Waals surface area contributed by atoms with Gasteiger partial charge in [-0.05, 0) is 30.4 Å². The minimum absolute atomic E-state index is 0.0876. The van der Waals surface area contributed by atoms with Gasteiger partial charge in [-0.25, -0.2) is 4.79 Å². The van der Waals surface area contributed by atoms with Gasteiger partial charge in [0.1, 0.15) is 0 Å². The normalized spacial score (nSPS) is 26.9. The number of imide groups is 1. The van der Waals surface area contributed by atoms with Gasteiger partial charge >= 0.3 is 6.03 Å². The van der Waals surface area contributed by atoms with Crippen LogP contribution in [0, 0.1) is 5.92 Å². The van der Waals surface area contributed by atoms with E-state index in [1.807, 2.05) is 18.3 Å². The maximum Gasteiger partial charge on any atom is 0.321 e. The van der Waals surface area contributed by atoms with Gasteiger partial charge in [0.2, 0.25) is 5.91 Å². The van der Waals surface area contributed by atoms with Crippen LogP contribution < -0.4 is 16.0 Å². The van der Waals surface area contributed by atoms with Crippen LogP contribution in [0.3, 0.4) is 0 Å². The Morgan fingerprint density at radius 3 is 2.96 bits per heavy atom. The van der Waals surface area contributed by atoms with Gasteiger partial charge in [0.25, 0.3) is 0 Å². The first-order valence-electron chi connectivity index (χ1n) is 9.58. The Bertz CT molecular complexity index is 609. The van der Waals surface area contributed by atoms with Crippen molar-refractivity contribution in [2.24, 2.45) is 5.92 Å². The van der Waals surface area contributed by atoms with E-state index in [1.54, 1.807) is 6.20 Å². The molecule has 1 aromatic heterocycles. The number of carbonyl (C=O) groups excluding carboxylic acids is 2. The third-order valence-electron chi connectivity index (χ3n) is 5.45. The summed E-state index contributed by atoms with van der Waals surface area (Å²) in [6.07, 6.45) is 8.05. The summed E-state index contributed by atoms with van der Waals surface area (Å²) in [5, 5.41) is 8.82. The van der Waals surface area contributed by atoms with Crippen molar-refractivity contribution < 1.29 is 9.59 Å². The summed E-state index contributed by atoms with van der Waals surface area (Å²) in [7, 11) is 0. The fourth-order valence-electron chi connectivity index (χ4n) is 3.92. The van der Waals surface area contributed by atoms with Crippen molar-refractivity contribution in [2.45, 2.75) is 44.7 Å². The van der Waals surface area contributed by atoms with Crippen LogP contribution in [-0.4, -0.2) is 54.0 Å². The van der Waals surface area contributed by atoms with E-state index in [1.165, 1.54) is 6.42 Å². The van der Waals surface area contributed by atoms with E-state index in [0.29, 0.717) is 5.92 Å². The molecule has 0 radical (unpaired) electrons. The van der Waals surface area contributed by atoms with Crippen molar-refractivity contribution >= 4 is 11.9 Å². The van der Waals surface area contributed by atoms with Crippen LogP contribution in [-0.2, 0) is 4.79 Å². The highest BCUT2D eigenvalue weighted by Gasteiger charge is 2.27. The predicted octanol–water partition coefficient (Wildman–Crippen LogP) is 1.43. The van der Waals surface area contributed by atoms with Crippen molar-refractivity contribution in [3.05, 3.63) is 30.1 Å². The first-order chi connectivity index (χ1) is 12.6. The van der Waals surface area contributed by atoms with Gasteiger partial charge in [0, 0.05) is 44.1 Å². The number of aromatic nitrogens is 1. The highest BCUT2D eigenvalue weighted by atomic mass is 16.2. The Hall–Kier alpha value is -1.99. The number of urea groups is 1. The Labute approximate surface area is 154 Å². The molecule has 142 valence electrons. The maximum atomic E-state index is 12.4. The number of amides is 3. The van der Waals surface area contributed by atoms with E-state index in [2.05, 4.69) is 32.8 Å². The standard InChI is InChI=1S/C19H29N5O2/c1-14-5-2-3-7-16(14)22-19(26)23-18(25)13-24-10-9-21-12-17(24)15-6-4-8-20-11-15/h4,6,8,11,14,16-17,21H,2-3,5,7,9-10,12-13H2,1H3,(H2,22,23,25,26). The lowest BCUT2D eigenvalue weighted by Gasteiger charge is -2.35. The van der Waals surface area contributed by atoms with E-state index in [9.17, 15) is 9.59 Å². The van der Waals surface area contributed by atoms with E-state index >= 15 is 0 Å². The third-order valence-corrected chi connectivity index (χ3v) is 5.45. The first-order valence-corrected chi connectivity index (χ1v) is 9.58. The SMILES string of the molecule is CC1CCCCC1NC(=O)NC(=O)CN1CCNCC1c1cccnc1. The number of pyridine rings is 1. The van der Waals surface area contributed by atoms with E-state index in [-0.39, 0.29) is 30.6 Å². The molecule has 7 heteroatoms. The molecule has 0 bridgehead atoms. The fraction of sp³-hybridized carbons (Fsp3) is 0.632. The number of hydrogen-bond donors (Lipinski definition) is 3. The molecule has 3 amide bonds. The minimum Gasteiger partial charge on any atom is -0.335 e. The first kappa shape index (κ1) is 18.8. The Morgan fingerprint density at radius 1 is 1.35 bits per heavy atom. The molecule has 3 rings (SSSR count). The van der Waals surface area contributed by atoms with Crippen molar-refractivity contribution in [3.63, 3.8) is 0 Å². The van der Waals surface area contributed by atoms with Crippen LogP contribution in [0.25, 0.3) is 0 Å². The molecule has 1 saturated heterocycles. The van der Waals surface area contributed by atoms with Gasteiger partial charge in [-0.2, -0.15) is 0 Å². The molecule has 1 aromatic rings. The summed E-state index contributed by atoms with van der Waals surface area (Å²) in [6.45, 7) is 4.72. The average Bonchev–Trinajstić information content (AvgIpc) is 2.64. The molecule has 2 fully saturated rings. The lowest BCUT2D eigenvalue weighted by atomic mass is 9.86. The van der Waals surface area contributed by atoms with Gasteiger partial charge < -0.3 is 10.6 Å². The molecule has 1 saturated carbocycles. The smallest absolute Gasteiger partial charge is 0.321 e. The van der Waals surface area contributed by atoms with Crippen molar-refractivity contribution in [3.8, 4) is 0 Å². The number of hydrogen-bond acceptors (Lipinski definition) is 5. The molecule has 2 aliphatic rings. The second kappa shape index (κ2) is 9.09. The zero-order chi connectivity index (χ0) is 18.4. The van der Waals surface area contributed by atoms with Crippen LogP contribution >= 0.6 is 0 Å². The van der Waals surface area contributed by atoms with Crippen LogP contribution in [0.4, 0.5) is 4.79 Å². The summed E-state index contributed by atoms with van der Waals surface area (Å²) in [5.74, 6) is 0.203. The monoisotopic (exact) mass is 359 g/mol. The molecule has 1 aliphatic heterocycles. The second-order valence-corrected chi connectivity index (χ2v) is 7.37. The van der Waals surface area contributed by atoms with E-state index < -0.39 is 0 Å². The summed E-state index contributed by atoms with van der Waals surface area (Å²) in [5.41, 5.74) is 1.08. The molecule has 2 heterocycles. The highest BCUT2D eigenvalue weighted by Crippen LogP contribution is 2.23. The maximum absolute atomic E-state index is 12.4. The van der Waals surface area contributed by atoms with Gasteiger partial charge in [-0.1, -0.05) is 25.8 Å². The zero-order valence-electron chi connectivity index (χ0n) is 15.4. The van der Waals surface area contributed by atoms with E-state index in [0.717, 1.165) is 44.5 Å². The quantitative estimate of drug-likeness (QED) is 0.757. The van der Waals surface area contributed by atoms with Crippen LogP contribution in [0.2, 0.25) is 0 Å². The predicted molar refractivity (Wildman–Crippen MR) is 99.5 cm³/mol. The molecule has 3 unspecified atom stereocenters. The van der Waals surface area contributed by atoms with Gasteiger partial charge in [-0.3, -0.25) is 20.0 Å². The second-order valence-electron chi connectivity index (χ2n) is 7.37. The molecule has 26 heavy (non-hydrogen) atoms. The molecular formula is C19H29N5O2. The van der Waals surface area contributed by atoms with Gasteiger partial charge in [-0.15, -0.1) is 0 Å². The number of nitrogens with one attached hydrogen (secondary N) is 3. The van der Waals surface area contributed by atoms with Crippen LogP contribution in [0.15, 0.2) is 24.5 Å². The number of carbonyl (C=O) groups is 2. The van der Waals surface area contributed by atoms with Crippen molar-refractivity contribution in [1.29, 1.82) is 0 Å². The third kappa shape index (κ3) is 5.02. The Balaban J connectivity index is 1.52. The van der Waals surface area contributed by atoms with Crippen molar-refractivity contribution in [2.75, 3.05) is 26.2 Å². The Kier molecular flexibility index (Phi) is 6.57. The fourth-order valence-corrected chi connectivity index (χ4v) is 3.92. The van der Waals surface area contributed by atoms with E-state index in [4.69, 9.17) is 0 Å². The van der Waals surface area contributed by atoms with Crippen molar-refractivity contribution in [1.82, 2.24) is 25.8 Å². The lowest BCUT2D eigenvalue weighted by molar-refractivity contribution is -0.122. The molecule has 3 N–H and O–H groups in total. The van der Waals surface area contributed by atoms with Gasteiger partial charge in [0.05, 0.1) is 6.54 Å². The molecule has 3 atom stereocenters. The number of nitrogens with zero attached hydrogens (tertiary/aromatic N) is 2. The Morgan fingerprint density at radius 2 is 2.19 bits per heavy atom. The summed E-state index contributed by atoms with van der Waals surface area (Å²) in [4.78, 5) is 30.8. The molecule has 0 aromatic carbocycles. The summed E-state index contributed by atoms with van der Waals surface area (Å²) in [6, 6.07) is 3.80. The lowest BCUT2D eigenvalue weighted by Crippen LogP contribution is -2.52. The molecular weight excluding hydrogens is 330 g/mol. The highest BCUT2D eigenvalue weighted by molar-refractivity contribution is 5.95. The molecule has 1 aliphatic carbocycles. The number of piperazine rings is 1. The minimum atomic E-state index is -0.373.